The summed E-state index contributed by atoms with van der Waals surface area (Å²) in [7, 11) is -1.72. The van der Waals surface area contributed by atoms with E-state index in [2.05, 4.69) is 58.6 Å². The summed E-state index contributed by atoms with van der Waals surface area (Å²) in [5.41, 5.74) is 1.58. The lowest BCUT2D eigenvalue weighted by molar-refractivity contribution is 0.0303. The Morgan fingerprint density at radius 2 is 1.55 bits per heavy atom. The Labute approximate surface area is 353 Å². The molecule has 2 amide bonds. The van der Waals surface area contributed by atoms with Gasteiger partial charge in [0.1, 0.15) is 24.5 Å². The first kappa shape index (κ1) is 44.5. The minimum absolute atomic E-state index is 0.160. The maximum Gasteiger partial charge on any atom is 0.323 e. The van der Waals surface area contributed by atoms with Crippen LogP contribution in [-0.2, 0) is 24.7 Å². The molecule has 2 heterocycles. The number of rotatable bonds is 15. The van der Waals surface area contributed by atoms with Crippen LogP contribution in [0.15, 0.2) is 102 Å². The van der Waals surface area contributed by atoms with Crippen molar-refractivity contribution in [2.45, 2.75) is 37.4 Å². The number of nitrogens with one attached hydrogen (secondary N) is 3. The van der Waals surface area contributed by atoms with Gasteiger partial charge in [-0.1, -0.05) is 63.2 Å². The number of pyridine rings is 1. The fourth-order valence-corrected chi connectivity index (χ4v) is 9.59. The maximum absolute atomic E-state index is 14.1. The van der Waals surface area contributed by atoms with Crippen LogP contribution in [0.25, 0.3) is 10.8 Å². The van der Waals surface area contributed by atoms with Crippen LogP contribution in [0.1, 0.15) is 26.3 Å². The topological polar surface area (TPSA) is 155 Å². The van der Waals surface area contributed by atoms with Gasteiger partial charge in [0, 0.05) is 69.4 Å². The maximum atomic E-state index is 14.1. The third kappa shape index (κ3) is 10.6. The second-order valence-corrected chi connectivity index (χ2v) is 21.3. The number of urea groups is 1. The summed E-state index contributed by atoms with van der Waals surface area (Å²) in [5, 5.41) is 11.1. The van der Waals surface area contributed by atoms with Gasteiger partial charge in [-0.3, -0.25) is 4.90 Å². The summed E-state index contributed by atoms with van der Waals surface area (Å²) in [6, 6.07) is 26.0. The smallest absolute Gasteiger partial charge is 0.323 e. The molecule has 5 aromatic rings. The molecule has 1 aliphatic rings. The number of amides is 2. The molecule has 4 aromatic carbocycles. The van der Waals surface area contributed by atoms with Crippen molar-refractivity contribution in [3.8, 4) is 17.2 Å². The number of hydrogen-bond acceptors (Lipinski definition) is 11. The van der Waals surface area contributed by atoms with Crippen molar-refractivity contribution >= 4 is 56.5 Å². The van der Waals surface area contributed by atoms with Gasteiger partial charge in [0.05, 0.1) is 28.7 Å². The molecule has 1 aliphatic heterocycles. The molecule has 0 aliphatic carbocycles. The lowest BCUT2D eigenvalue weighted by Crippen LogP contribution is -2.51. The summed E-state index contributed by atoms with van der Waals surface area (Å²) in [6.45, 7) is 13.7. The van der Waals surface area contributed by atoms with Crippen molar-refractivity contribution in [3.05, 3.63) is 103 Å². The lowest BCUT2D eigenvalue weighted by Gasteiger charge is -2.35. The number of likely N-dealkylation sites (N-methyl/N-ethyl adjacent to an activating group) is 1. The number of carbonyl (C=O) groups excluding carboxylic acids is 1. The van der Waals surface area contributed by atoms with Crippen molar-refractivity contribution in [2.24, 2.45) is 0 Å². The Morgan fingerprint density at radius 3 is 2.20 bits per heavy atom. The highest BCUT2D eigenvalue weighted by Gasteiger charge is 2.33. The standard InChI is InChI=1S/C44H56N7O7PS/c1-44(2,3)31-28-37(41(56-5)39(29-31)59(7,8)53)47-42(52)46-36-18-19-38(35-17-13-12-16-34(35)36)58-32-20-21-45-40(30-32)48-43(57-6)51(27-26-50-24-22-49(4)23-25-50)60(54,55)33-14-10-9-11-15-33/h9-21,28-30,43H,22-27H2,1-8H3,(H,45,48)(H2,46,47,52). The molecule has 60 heavy (non-hydrogen) atoms. The van der Waals surface area contributed by atoms with Gasteiger partial charge in [-0.25, -0.2) is 18.2 Å². The van der Waals surface area contributed by atoms with Crippen LogP contribution in [0, 0.1) is 0 Å². The van der Waals surface area contributed by atoms with Crippen LogP contribution in [-0.4, -0.2) is 114 Å². The SMILES string of the molecule is COc1c(NC(=O)Nc2ccc(Oc3ccnc(NC(OC)N(CCN4CCN(C)CC4)S(=O)(=O)c4ccccc4)c3)c3ccccc23)cc(C(C)(C)C)cc1P(C)(C)=O. The fraction of sp³-hybridized carbons (Fsp3) is 0.364. The van der Waals surface area contributed by atoms with Crippen LogP contribution in [0.2, 0.25) is 0 Å². The average molecular weight is 858 g/mol. The molecule has 16 heteroatoms. The molecular formula is C44H56N7O7PS. The van der Waals surface area contributed by atoms with Gasteiger partial charge in [0.15, 0.2) is 5.75 Å². The van der Waals surface area contributed by atoms with Crippen LogP contribution in [0.4, 0.5) is 22.0 Å². The normalized spacial score (nSPS) is 14.8. The Kier molecular flexibility index (Phi) is 13.9. The van der Waals surface area contributed by atoms with Gasteiger partial charge >= 0.3 is 6.03 Å². The van der Waals surface area contributed by atoms with E-state index in [1.54, 1.807) is 74.1 Å². The molecular weight excluding hydrogens is 802 g/mol. The van der Waals surface area contributed by atoms with Gasteiger partial charge < -0.3 is 39.6 Å². The van der Waals surface area contributed by atoms with Crippen molar-refractivity contribution in [1.82, 2.24) is 19.1 Å². The van der Waals surface area contributed by atoms with Gasteiger partial charge in [-0.2, -0.15) is 4.31 Å². The highest BCUT2D eigenvalue weighted by Crippen LogP contribution is 2.44. The van der Waals surface area contributed by atoms with E-state index in [1.807, 2.05) is 36.4 Å². The van der Waals surface area contributed by atoms with Crippen molar-refractivity contribution in [2.75, 3.05) is 89.8 Å². The quantitative estimate of drug-likeness (QED) is 0.0708. The first-order valence-electron chi connectivity index (χ1n) is 19.8. The number of anilines is 3. The van der Waals surface area contributed by atoms with E-state index in [0.717, 1.165) is 42.5 Å². The molecule has 320 valence electrons. The van der Waals surface area contributed by atoms with E-state index in [0.29, 0.717) is 46.3 Å². The summed E-state index contributed by atoms with van der Waals surface area (Å²) in [5.74, 6) is 1.65. The molecule has 0 bridgehead atoms. The van der Waals surface area contributed by atoms with E-state index >= 15 is 0 Å². The zero-order valence-corrected chi connectivity index (χ0v) is 37.3. The Morgan fingerprint density at radius 1 is 0.883 bits per heavy atom. The van der Waals surface area contributed by atoms with Crippen LogP contribution in [0.3, 0.4) is 0 Å². The van der Waals surface area contributed by atoms with Crippen molar-refractivity contribution in [3.63, 3.8) is 0 Å². The van der Waals surface area contributed by atoms with Gasteiger partial charge in [0.2, 0.25) is 16.4 Å². The number of sulfonamides is 1. The summed E-state index contributed by atoms with van der Waals surface area (Å²) < 4.78 is 60.7. The van der Waals surface area contributed by atoms with Crippen molar-refractivity contribution in [1.29, 1.82) is 0 Å². The molecule has 1 fully saturated rings. The second kappa shape index (κ2) is 18.7. The number of piperazine rings is 1. The number of nitrogens with zero attached hydrogens (tertiary/aromatic N) is 4. The van der Waals surface area contributed by atoms with Gasteiger partial charge in [-0.05, 0) is 73.8 Å². The summed E-state index contributed by atoms with van der Waals surface area (Å²) >= 11 is 0. The van der Waals surface area contributed by atoms with Gasteiger partial charge in [-0.15, -0.1) is 0 Å². The highest BCUT2D eigenvalue weighted by atomic mass is 32.2. The largest absolute Gasteiger partial charge is 0.494 e. The summed E-state index contributed by atoms with van der Waals surface area (Å²) in [6.07, 6.45) is 0.482. The number of ether oxygens (including phenoxy) is 3. The zero-order chi connectivity index (χ0) is 43.2. The molecule has 1 atom stereocenters. The predicted molar refractivity (Wildman–Crippen MR) is 240 cm³/mol. The minimum atomic E-state index is -3.98. The lowest BCUT2D eigenvalue weighted by atomic mass is 9.86. The number of methoxy groups -OCH3 is 2. The third-order valence-corrected chi connectivity index (χ3v) is 13.7. The molecule has 6 rings (SSSR count). The Hall–Kier alpha value is -5.02. The van der Waals surface area contributed by atoms with E-state index in [4.69, 9.17) is 14.2 Å². The van der Waals surface area contributed by atoms with Crippen LogP contribution >= 0.6 is 7.14 Å². The molecule has 14 nitrogen and oxygen atoms in total. The van der Waals surface area contributed by atoms with Crippen molar-refractivity contribution < 1.29 is 32.0 Å². The molecule has 0 radical (unpaired) electrons. The predicted octanol–water partition coefficient (Wildman–Crippen LogP) is 7.51. The third-order valence-electron chi connectivity index (χ3n) is 10.4. The summed E-state index contributed by atoms with van der Waals surface area (Å²) in [4.78, 5) is 22.8. The first-order valence-corrected chi connectivity index (χ1v) is 23.8. The first-order chi connectivity index (χ1) is 28.5. The fourth-order valence-electron chi connectivity index (χ4n) is 6.96. The second-order valence-electron chi connectivity index (χ2n) is 16.2. The van der Waals surface area contributed by atoms with Gasteiger partial charge in [0.25, 0.3) is 0 Å². The number of aromatic nitrogens is 1. The van der Waals surface area contributed by atoms with E-state index in [-0.39, 0.29) is 16.9 Å². The van der Waals surface area contributed by atoms with Crippen LogP contribution in [0.5, 0.6) is 17.2 Å². The van der Waals surface area contributed by atoms with E-state index < -0.39 is 29.5 Å². The Balaban J connectivity index is 1.22. The minimum Gasteiger partial charge on any atom is -0.494 e. The van der Waals surface area contributed by atoms with E-state index in [1.165, 1.54) is 18.5 Å². The molecule has 3 N–H and O–H groups in total. The monoisotopic (exact) mass is 857 g/mol. The molecule has 1 unspecified atom stereocenters. The molecule has 0 spiro atoms. The highest BCUT2D eigenvalue weighted by molar-refractivity contribution is 7.89. The average Bonchev–Trinajstić information content (AvgIpc) is 3.21. The molecule has 1 saturated heterocycles. The number of benzene rings is 4. The van der Waals surface area contributed by atoms with Crippen LogP contribution < -0.4 is 30.7 Å². The van der Waals surface area contributed by atoms with E-state index in [9.17, 15) is 17.8 Å². The molecule has 0 saturated carbocycles. The number of carbonyl (C=O) groups is 1. The molecule has 1 aromatic heterocycles. The number of fused-ring (bicyclic) bond motifs is 1. The zero-order valence-electron chi connectivity index (χ0n) is 35.6. The number of hydrogen-bond donors (Lipinski definition) is 3. The Bertz CT molecular complexity index is 2450.